The summed E-state index contributed by atoms with van der Waals surface area (Å²) in [7, 11) is 1.81. The number of carbonyl (C=O) groups excluding carboxylic acids is 2. The summed E-state index contributed by atoms with van der Waals surface area (Å²) in [5.74, 6) is -0.159. The topological polar surface area (TPSA) is 49.4 Å². The van der Waals surface area contributed by atoms with Crippen LogP contribution in [0.25, 0.3) is 0 Å². The molecule has 0 saturated carbocycles. The van der Waals surface area contributed by atoms with E-state index in [-0.39, 0.29) is 17.9 Å². The molecule has 0 aliphatic carbocycles. The van der Waals surface area contributed by atoms with E-state index < -0.39 is 0 Å². The van der Waals surface area contributed by atoms with Crippen LogP contribution in [0.5, 0.6) is 0 Å². The Bertz CT molecular complexity index is 696. The normalized spacial score (nSPS) is 11.6. The Kier molecular flexibility index (Phi) is 6.75. The molecule has 25 heavy (non-hydrogen) atoms. The van der Waals surface area contributed by atoms with Crippen LogP contribution in [0.2, 0.25) is 0 Å². The zero-order valence-electron chi connectivity index (χ0n) is 15.2. The second-order valence-corrected chi connectivity index (χ2v) is 6.26. The predicted octanol–water partition coefficient (Wildman–Crippen LogP) is 4.05. The van der Waals surface area contributed by atoms with Gasteiger partial charge in [-0.1, -0.05) is 43.7 Å². The van der Waals surface area contributed by atoms with Gasteiger partial charge in [-0.05, 0) is 43.2 Å². The molecule has 0 spiro atoms. The number of nitrogens with zero attached hydrogens (tertiary/aromatic N) is 1. The molecule has 0 aromatic heterocycles. The van der Waals surface area contributed by atoms with E-state index in [0.717, 1.165) is 24.9 Å². The van der Waals surface area contributed by atoms with Gasteiger partial charge in [0.25, 0.3) is 11.8 Å². The Hall–Kier alpha value is -2.62. The number of benzene rings is 2. The lowest BCUT2D eigenvalue weighted by Gasteiger charge is -2.17. The monoisotopic (exact) mass is 338 g/mol. The average Bonchev–Trinajstić information content (AvgIpc) is 2.66. The number of amides is 2. The highest BCUT2D eigenvalue weighted by atomic mass is 16.2. The fourth-order valence-electron chi connectivity index (χ4n) is 2.59. The molecule has 0 bridgehead atoms. The number of rotatable bonds is 7. The number of carbonyl (C=O) groups is 2. The summed E-state index contributed by atoms with van der Waals surface area (Å²) in [6.45, 7) is 4.79. The maximum absolute atomic E-state index is 12.4. The third-order valence-electron chi connectivity index (χ3n) is 4.23. The Balaban J connectivity index is 1.99. The first-order valence-corrected chi connectivity index (χ1v) is 8.74. The van der Waals surface area contributed by atoms with E-state index in [2.05, 4.69) is 12.2 Å². The third kappa shape index (κ3) is 5.18. The first-order valence-electron chi connectivity index (χ1n) is 8.74. The number of nitrogens with one attached hydrogen (secondary N) is 1. The van der Waals surface area contributed by atoms with E-state index in [1.807, 2.05) is 37.3 Å². The van der Waals surface area contributed by atoms with Crippen molar-refractivity contribution < 1.29 is 9.59 Å². The molecular weight excluding hydrogens is 312 g/mol. The van der Waals surface area contributed by atoms with Gasteiger partial charge in [-0.3, -0.25) is 9.59 Å². The minimum Gasteiger partial charge on any atom is -0.346 e. The van der Waals surface area contributed by atoms with Gasteiger partial charge < -0.3 is 10.2 Å². The average molecular weight is 338 g/mol. The second-order valence-electron chi connectivity index (χ2n) is 6.26. The molecule has 4 heteroatoms. The predicted molar refractivity (Wildman–Crippen MR) is 101 cm³/mol. The van der Waals surface area contributed by atoms with Crippen LogP contribution in [0, 0.1) is 0 Å². The van der Waals surface area contributed by atoms with Crippen molar-refractivity contribution >= 4 is 11.8 Å². The van der Waals surface area contributed by atoms with Crippen LogP contribution >= 0.6 is 0 Å². The Morgan fingerprint density at radius 3 is 2.20 bits per heavy atom. The van der Waals surface area contributed by atoms with Gasteiger partial charge >= 0.3 is 0 Å². The van der Waals surface area contributed by atoms with Gasteiger partial charge in [-0.15, -0.1) is 0 Å². The van der Waals surface area contributed by atoms with Gasteiger partial charge in [0.15, 0.2) is 0 Å². The molecule has 2 aromatic rings. The molecule has 2 amide bonds. The number of unbranched alkanes of at least 4 members (excludes halogenated alkanes) is 1. The highest BCUT2D eigenvalue weighted by Gasteiger charge is 2.14. The van der Waals surface area contributed by atoms with Gasteiger partial charge in [0.2, 0.25) is 0 Å². The molecule has 0 saturated heterocycles. The Morgan fingerprint density at radius 1 is 1.00 bits per heavy atom. The fraction of sp³-hybridized carbons (Fsp3) is 0.333. The lowest BCUT2D eigenvalue weighted by atomic mass is 10.1. The zero-order valence-corrected chi connectivity index (χ0v) is 15.2. The molecular formula is C21H26N2O2. The van der Waals surface area contributed by atoms with Crippen LogP contribution in [0.4, 0.5) is 0 Å². The minimum absolute atomic E-state index is 0.0157. The molecule has 0 fully saturated rings. The summed E-state index contributed by atoms with van der Waals surface area (Å²) in [6, 6.07) is 16.6. The maximum Gasteiger partial charge on any atom is 0.253 e. The molecule has 0 aliphatic heterocycles. The van der Waals surface area contributed by atoms with E-state index >= 15 is 0 Å². The van der Waals surface area contributed by atoms with Crippen molar-refractivity contribution in [3.63, 3.8) is 0 Å². The molecule has 2 aromatic carbocycles. The number of hydrogen-bond acceptors (Lipinski definition) is 2. The van der Waals surface area contributed by atoms with Gasteiger partial charge in [0, 0.05) is 24.7 Å². The molecule has 0 radical (unpaired) electrons. The number of hydrogen-bond donors (Lipinski definition) is 1. The Labute approximate surface area is 149 Å². The van der Waals surface area contributed by atoms with Crippen LogP contribution in [0.1, 0.15) is 59.0 Å². The highest BCUT2D eigenvalue weighted by molar-refractivity contribution is 5.97. The highest BCUT2D eigenvalue weighted by Crippen LogP contribution is 2.13. The van der Waals surface area contributed by atoms with E-state index in [0.29, 0.717) is 11.1 Å². The molecule has 0 aliphatic rings. The molecule has 132 valence electrons. The van der Waals surface area contributed by atoms with Crippen LogP contribution in [-0.4, -0.2) is 30.3 Å². The van der Waals surface area contributed by atoms with Crippen molar-refractivity contribution in [1.29, 1.82) is 0 Å². The first-order chi connectivity index (χ1) is 12.0. The lowest BCUT2D eigenvalue weighted by molar-refractivity contribution is 0.0792. The first kappa shape index (κ1) is 18.7. The van der Waals surface area contributed by atoms with Crippen molar-refractivity contribution in [2.24, 2.45) is 0 Å². The summed E-state index contributed by atoms with van der Waals surface area (Å²) >= 11 is 0. The summed E-state index contributed by atoms with van der Waals surface area (Å²) in [5.41, 5.74) is 2.21. The standard InChI is InChI=1S/C21H26N2O2/c1-4-5-15-23(3)21(25)19-13-11-18(12-14-19)20(24)22-16(2)17-9-7-6-8-10-17/h6-14,16H,4-5,15H2,1-3H3,(H,22,24). The molecule has 0 heterocycles. The fourth-order valence-corrected chi connectivity index (χ4v) is 2.59. The molecule has 4 nitrogen and oxygen atoms in total. The molecule has 1 atom stereocenters. The van der Waals surface area contributed by atoms with Gasteiger partial charge in [0.1, 0.15) is 0 Å². The maximum atomic E-state index is 12.4. The minimum atomic E-state index is -0.144. The van der Waals surface area contributed by atoms with Crippen molar-refractivity contribution in [2.45, 2.75) is 32.7 Å². The van der Waals surface area contributed by atoms with E-state index in [1.165, 1.54) is 0 Å². The van der Waals surface area contributed by atoms with E-state index in [1.54, 1.807) is 36.2 Å². The van der Waals surface area contributed by atoms with Crippen LogP contribution < -0.4 is 5.32 Å². The van der Waals surface area contributed by atoms with Crippen molar-refractivity contribution in [3.8, 4) is 0 Å². The van der Waals surface area contributed by atoms with Crippen LogP contribution in [0.3, 0.4) is 0 Å². The van der Waals surface area contributed by atoms with Gasteiger partial charge in [-0.2, -0.15) is 0 Å². The summed E-state index contributed by atoms with van der Waals surface area (Å²) in [4.78, 5) is 26.4. The van der Waals surface area contributed by atoms with Crippen LogP contribution in [0.15, 0.2) is 54.6 Å². The van der Waals surface area contributed by atoms with Crippen molar-refractivity contribution in [1.82, 2.24) is 10.2 Å². The SMILES string of the molecule is CCCCN(C)C(=O)c1ccc(C(=O)NC(C)c2ccccc2)cc1. The van der Waals surface area contributed by atoms with E-state index in [4.69, 9.17) is 0 Å². The molecule has 2 rings (SSSR count). The summed E-state index contributed by atoms with van der Waals surface area (Å²) in [5, 5.41) is 2.98. The Morgan fingerprint density at radius 2 is 1.60 bits per heavy atom. The van der Waals surface area contributed by atoms with Gasteiger partial charge in [0.05, 0.1) is 6.04 Å². The van der Waals surface area contributed by atoms with Gasteiger partial charge in [-0.25, -0.2) is 0 Å². The van der Waals surface area contributed by atoms with Crippen molar-refractivity contribution in [2.75, 3.05) is 13.6 Å². The third-order valence-corrected chi connectivity index (χ3v) is 4.23. The summed E-state index contributed by atoms with van der Waals surface area (Å²) < 4.78 is 0. The second kappa shape index (κ2) is 9.02. The smallest absolute Gasteiger partial charge is 0.253 e. The van der Waals surface area contributed by atoms with Crippen LogP contribution in [-0.2, 0) is 0 Å². The quantitative estimate of drug-likeness (QED) is 0.828. The largest absolute Gasteiger partial charge is 0.346 e. The zero-order chi connectivity index (χ0) is 18.2. The molecule has 1 N–H and O–H groups in total. The van der Waals surface area contributed by atoms with E-state index in [9.17, 15) is 9.59 Å². The lowest BCUT2D eigenvalue weighted by Crippen LogP contribution is -2.28. The van der Waals surface area contributed by atoms with Crippen molar-refractivity contribution in [3.05, 3.63) is 71.3 Å². The molecule has 1 unspecified atom stereocenters. The summed E-state index contributed by atoms with van der Waals surface area (Å²) in [6.07, 6.45) is 2.04.